The molecule has 4 saturated carbocycles. The highest BCUT2D eigenvalue weighted by Gasteiger charge is 2.54. The van der Waals surface area contributed by atoms with Crippen molar-refractivity contribution in [3.05, 3.63) is 24.3 Å². The second-order valence-corrected chi connectivity index (χ2v) is 8.50. The predicted octanol–water partition coefficient (Wildman–Crippen LogP) is 2.45. The molecule has 4 fully saturated rings. The Morgan fingerprint density at radius 1 is 0.889 bits per heavy atom. The summed E-state index contributed by atoms with van der Waals surface area (Å²) < 4.78 is 0. The van der Waals surface area contributed by atoms with Crippen LogP contribution in [-0.2, 0) is 9.59 Å². The maximum Gasteiger partial charge on any atom is 0.316 e. The van der Waals surface area contributed by atoms with Gasteiger partial charge in [-0.2, -0.15) is 0 Å². The van der Waals surface area contributed by atoms with Crippen LogP contribution in [0.1, 0.15) is 38.5 Å². The summed E-state index contributed by atoms with van der Waals surface area (Å²) in [6, 6.07) is 6.00. The first-order valence-corrected chi connectivity index (χ1v) is 9.66. The van der Waals surface area contributed by atoms with Gasteiger partial charge in [0.15, 0.2) is 0 Å². The molecule has 5 N–H and O–H groups in total. The molecule has 4 aliphatic rings. The summed E-state index contributed by atoms with van der Waals surface area (Å²) >= 11 is 0. The minimum absolute atomic E-state index is 0.0259. The summed E-state index contributed by atoms with van der Waals surface area (Å²) in [5, 5.41) is 8.08. The molecular formula is C20H26N4O3. The molecule has 0 atom stereocenters. The van der Waals surface area contributed by atoms with E-state index in [-0.39, 0.29) is 23.8 Å². The van der Waals surface area contributed by atoms with Gasteiger partial charge in [-0.15, -0.1) is 0 Å². The van der Waals surface area contributed by atoms with E-state index in [0.29, 0.717) is 29.1 Å². The first kappa shape index (κ1) is 17.8. The zero-order valence-corrected chi connectivity index (χ0v) is 15.3. The molecule has 1 aromatic rings. The van der Waals surface area contributed by atoms with Crippen molar-refractivity contribution in [2.24, 2.45) is 28.9 Å². The summed E-state index contributed by atoms with van der Waals surface area (Å²) in [6.45, 7) is -0.0259. The summed E-state index contributed by atoms with van der Waals surface area (Å²) in [7, 11) is 0. The van der Waals surface area contributed by atoms with Crippen LogP contribution in [0.2, 0.25) is 0 Å². The standard InChI is InChI=1S/C20H26N4O3/c21-19(27)24-16-3-1-15(2-4-16)23-17(25)11-22-18(26)20-8-12-5-13(9-20)7-14(6-12)10-20/h1-4,12-14H,5-11H2,(H,22,26)(H,23,25)(H3,21,24,27). The van der Waals surface area contributed by atoms with Crippen LogP contribution in [0, 0.1) is 23.2 Å². The van der Waals surface area contributed by atoms with E-state index >= 15 is 0 Å². The van der Waals surface area contributed by atoms with Crippen molar-refractivity contribution in [3.8, 4) is 0 Å². The van der Waals surface area contributed by atoms with E-state index in [1.54, 1.807) is 24.3 Å². The van der Waals surface area contributed by atoms with Gasteiger partial charge in [0.05, 0.1) is 6.54 Å². The highest BCUT2D eigenvalue weighted by atomic mass is 16.2. The predicted molar refractivity (Wildman–Crippen MR) is 102 cm³/mol. The van der Waals surface area contributed by atoms with Crippen molar-refractivity contribution < 1.29 is 14.4 Å². The lowest BCUT2D eigenvalue weighted by atomic mass is 9.49. The average molecular weight is 370 g/mol. The van der Waals surface area contributed by atoms with E-state index in [9.17, 15) is 14.4 Å². The van der Waals surface area contributed by atoms with Crippen LogP contribution in [0.5, 0.6) is 0 Å². The van der Waals surface area contributed by atoms with Gasteiger partial charge in [-0.1, -0.05) is 0 Å². The molecule has 27 heavy (non-hydrogen) atoms. The number of anilines is 2. The number of rotatable bonds is 5. The first-order valence-electron chi connectivity index (χ1n) is 9.66. The minimum atomic E-state index is -0.640. The second-order valence-electron chi connectivity index (χ2n) is 8.50. The molecule has 0 aromatic heterocycles. The lowest BCUT2D eigenvalue weighted by Gasteiger charge is -2.55. The fourth-order valence-electron chi connectivity index (χ4n) is 5.72. The molecule has 4 bridgehead atoms. The van der Waals surface area contributed by atoms with Gasteiger partial charge in [0.2, 0.25) is 11.8 Å². The molecule has 1 aromatic carbocycles. The highest BCUT2D eigenvalue weighted by Crippen LogP contribution is 2.60. The fourth-order valence-corrected chi connectivity index (χ4v) is 5.72. The van der Waals surface area contributed by atoms with Crippen LogP contribution < -0.4 is 21.7 Å². The Labute approximate surface area is 158 Å². The van der Waals surface area contributed by atoms with E-state index < -0.39 is 6.03 Å². The Morgan fingerprint density at radius 3 is 1.85 bits per heavy atom. The Morgan fingerprint density at radius 2 is 1.37 bits per heavy atom. The highest BCUT2D eigenvalue weighted by molar-refractivity contribution is 5.96. The SMILES string of the molecule is NC(=O)Nc1ccc(NC(=O)CNC(=O)C23CC4CC(CC(C4)C2)C3)cc1. The van der Waals surface area contributed by atoms with E-state index in [1.807, 2.05) is 0 Å². The maximum absolute atomic E-state index is 12.9. The Balaban J connectivity index is 1.29. The van der Waals surface area contributed by atoms with E-state index in [2.05, 4.69) is 16.0 Å². The maximum atomic E-state index is 12.9. The van der Waals surface area contributed by atoms with Crippen molar-refractivity contribution in [1.29, 1.82) is 0 Å². The van der Waals surface area contributed by atoms with Crippen molar-refractivity contribution in [2.75, 3.05) is 17.2 Å². The first-order chi connectivity index (χ1) is 12.9. The van der Waals surface area contributed by atoms with E-state index in [4.69, 9.17) is 5.73 Å². The van der Waals surface area contributed by atoms with Crippen LogP contribution in [0.15, 0.2) is 24.3 Å². The smallest absolute Gasteiger partial charge is 0.316 e. The van der Waals surface area contributed by atoms with E-state index in [0.717, 1.165) is 19.3 Å². The summed E-state index contributed by atoms with van der Waals surface area (Å²) in [4.78, 5) is 35.9. The lowest BCUT2D eigenvalue weighted by Crippen LogP contribution is -2.54. The number of hydrogen-bond donors (Lipinski definition) is 4. The van der Waals surface area contributed by atoms with Crippen LogP contribution in [0.25, 0.3) is 0 Å². The number of benzene rings is 1. The summed E-state index contributed by atoms with van der Waals surface area (Å²) in [5.41, 5.74) is 5.97. The number of urea groups is 1. The largest absolute Gasteiger partial charge is 0.351 e. The van der Waals surface area contributed by atoms with Crippen molar-refractivity contribution in [1.82, 2.24) is 5.32 Å². The number of nitrogens with one attached hydrogen (secondary N) is 3. The number of carbonyl (C=O) groups excluding carboxylic acids is 3. The average Bonchev–Trinajstić information content (AvgIpc) is 2.60. The number of nitrogens with two attached hydrogens (primary N) is 1. The van der Waals surface area contributed by atoms with Crippen LogP contribution >= 0.6 is 0 Å². The minimum Gasteiger partial charge on any atom is -0.351 e. The summed E-state index contributed by atoms with van der Waals surface area (Å²) in [5.74, 6) is 1.89. The monoisotopic (exact) mass is 370 g/mol. The van der Waals surface area contributed by atoms with Gasteiger partial charge in [0.25, 0.3) is 0 Å². The fraction of sp³-hybridized carbons (Fsp3) is 0.550. The van der Waals surface area contributed by atoms with E-state index in [1.165, 1.54) is 19.3 Å². The molecule has 144 valence electrons. The van der Waals surface area contributed by atoms with Crippen molar-refractivity contribution in [2.45, 2.75) is 38.5 Å². The van der Waals surface area contributed by atoms with Gasteiger partial charge in [0.1, 0.15) is 0 Å². The van der Waals surface area contributed by atoms with Gasteiger partial charge >= 0.3 is 6.03 Å². The zero-order chi connectivity index (χ0) is 19.0. The molecular weight excluding hydrogens is 344 g/mol. The molecule has 7 heteroatoms. The third kappa shape index (κ3) is 3.77. The second kappa shape index (κ2) is 6.87. The third-order valence-electron chi connectivity index (χ3n) is 6.37. The molecule has 0 saturated heterocycles. The topological polar surface area (TPSA) is 113 Å². The van der Waals surface area contributed by atoms with Crippen molar-refractivity contribution >= 4 is 29.2 Å². The summed E-state index contributed by atoms with van der Waals surface area (Å²) in [6.07, 6.45) is 6.82. The van der Waals surface area contributed by atoms with Crippen LogP contribution in [0.3, 0.4) is 0 Å². The van der Waals surface area contributed by atoms with Gasteiger partial charge in [-0.05, 0) is 80.5 Å². The quantitative estimate of drug-likeness (QED) is 0.638. The third-order valence-corrected chi connectivity index (χ3v) is 6.37. The Bertz CT molecular complexity index is 724. The van der Waals surface area contributed by atoms with Crippen molar-refractivity contribution in [3.63, 3.8) is 0 Å². The van der Waals surface area contributed by atoms with Gasteiger partial charge < -0.3 is 21.7 Å². The van der Waals surface area contributed by atoms with Gasteiger partial charge in [0, 0.05) is 16.8 Å². The molecule has 0 spiro atoms. The lowest BCUT2D eigenvalue weighted by molar-refractivity contribution is -0.146. The number of carbonyl (C=O) groups is 3. The normalized spacial score (nSPS) is 30.6. The molecule has 0 unspecified atom stereocenters. The molecule has 4 amide bonds. The zero-order valence-electron chi connectivity index (χ0n) is 15.3. The Hall–Kier alpha value is -2.57. The Kier molecular flexibility index (Phi) is 4.53. The molecule has 4 aliphatic carbocycles. The molecule has 5 rings (SSSR count). The van der Waals surface area contributed by atoms with Crippen LogP contribution in [0.4, 0.5) is 16.2 Å². The molecule has 0 heterocycles. The van der Waals surface area contributed by atoms with Crippen LogP contribution in [-0.4, -0.2) is 24.4 Å². The van der Waals surface area contributed by atoms with Gasteiger partial charge in [-0.25, -0.2) is 4.79 Å². The number of primary amides is 1. The van der Waals surface area contributed by atoms with Gasteiger partial charge in [-0.3, -0.25) is 9.59 Å². The number of hydrogen-bond acceptors (Lipinski definition) is 3. The molecule has 7 nitrogen and oxygen atoms in total. The number of amides is 4. The molecule has 0 radical (unpaired) electrons. The molecule has 0 aliphatic heterocycles.